The van der Waals surface area contributed by atoms with Gasteiger partial charge in [0.15, 0.2) is 6.61 Å². The van der Waals surface area contributed by atoms with Crippen molar-refractivity contribution in [2.24, 2.45) is 0 Å². The van der Waals surface area contributed by atoms with Crippen molar-refractivity contribution >= 4 is 33.2 Å². The number of nitrogens with zero attached hydrogens (tertiary/aromatic N) is 1. The number of halogens is 1. The molecule has 1 aliphatic heterocycles. The van der Waals surface area contributed by atoms with Gasteiger partial charge in [-0.1, -0.05) is 29.8 Å². The number of hydrogen-bond acceptors (Lipinski definition) is 5. The molecule has 2 N–H and O–H groups in total. The number of rotatable bonds is 7. The van der Waals surface area contributed by atoms with Gasteiger partial charge in [-0.2, -0.15) is 0 Å². The van der Waals surface area contributed by atoms with Crippen LogP contribution in [0.4, 0.5) is 5.69 Å². The van der Waals surface area contributed by atoms with Crippen molar-refractivity contribution in [3.63, 3.8) is 0 Å². The van der Waals surface area contributed by atoms with Gasteiger partial charge in [-0.25, -0.2) is 8.42 Å². The standard InChI is InChI=1S/C19H21ClN2O5S/c20-16-12-15(7-8-18(16)27-13-19(24)21-9-11-23)28(25,26)22-10-3-5-14-4-1-2-6-17(14)22/h1-2,4,6-8,12,23H,3,5,9-11,13H2,(H,21,24). The molecule has 0 saturated heterocycles. The van der Waals surface area contributed by atoms with Crippen LogP contribution < -0.4 is 14.4 Å². The number of nitrogens with one attached hydrogen (secondary N) is 1. The van der Waals surface area contributed by atoms with E-state index >= 15 is 0 Å². The molecule has 0 spiro atoms. The lowest BCUT2D eigenvalue weighted by molar-refractivity contribution is -0.123. The highest BCUT2D eigenvalue weighted by Crippen LogP contribution is 2.34. The summed E-state index contributed by atoms with van der Waals surface area (Å²) in [5, 5.41) is 11.2. The lowest BCUT2D eigenvalue weighted by atomic mass is 10.0. The van der Waals surface area contributed by atoms with Crippen LogP contribution in [0, 0.1) is 0 Å². The first-order valence-corrected chi connectivity index (χ1v) is 10.7. The van der Waals surface area contributed by atoms with E-state index in [1.165, 1.54) is 22.5 Å². The van der Waals surface area contributed by atoms with E-state index in [0.29, 0.717) is 12.2 Å². The zero-order chi connectivity index (χ0) is 20.1. The molecule has 0 aliphatic carbocycles. The lowest BCUT2D eigenvalue weighted by Crippen LogP contribution is -2.35. The van der Waals surface area contributed by atoms with Crippen LogP contribution in [0.5, 0.6) is 5.75 Å². The van der Waals surface area contributed by atoms with E-state index in [1.807, 2.05) is 18.2 Å². The van der Waals surface area contributed by atoms with E-state index in [2.05, 4.69) is 5.32 Å². The molecular weight excluding hydrogens is 404 g/mol. The van der Waals surface area contributed by atoms with E-state index in [-0.39, 0.29) is 35.4 Å². The van der Waals surface area contributed by atoms with Crippen molar-refractivity contribution in [3.8, 4) is 5.75 Å². The molecule has 1 aliphatic rings. The summed E-state index contributed by atoms with van der Waals surface area (Å²) in [7, 11) is -3.77. The van der Waals surface area contributed by atoms with Gasteiger partial charge in [-0.3, -0.25) is 9.10 Å². The van der Waals surface area contributed by atoms with Gasteiger partial charge in [0.05, 0.1) is 22.2 Å². The second kappa shape index (κ2) is 8.81. The first-order chi connectivity index (χ1) is 13.4. The lowest BCUT2D eigenvalue weighted by Gasteiger charge is -2.30. The number of carbonyl (C=O) groups is 1. The summed E-state index contributed by atoms with van der Waals surface area (Å²) in [5.41, 5.74) is 1.68. The van der Waals surface area contributed by atoms with Crippen LogP contribution in [0.1, 0.15) is 12.0 Å². The Morgan fingerprint density at radius 1 is 1.25 bits per heavy atom. The van der Waals surface area contributed by atoms with Gasteiger partial charge in [0.2, 0.25) is 0 Å². The monoisotopic (exact) mass is 424 g/mol. The maximum absolute atomic E-state index is 13.1. The molecule has 1 heterocycles. The summed E-state index contributed by atoms with van der Waals surface area (Å²) >= 11 is 6.18. The third-order valence-electron chi connectivity index (χ3n) is 4.35. The van der Waals surface area contributed by atoms with E-state index in [9.17, 15) is 13.2 Å². The molecule has 150 valence electrons. The minimum absolute atomic E-state index is 0.0614. The van der Waals surface area contributed by atoms with Crippen LogP contribution in [-0.2, 0) is 21.2 Å². The molecule has 2 aromatic carbocycles. The van der Waals surface area contributed by atoms with Gasteiger partial charge in [0.25, 0.3) is 15.9 Å². The van der Waals surface area contributed by atoms with Gasteiger partial charge >= 0.3 is 0 Å². The second-order valence-electron chi connectivity index (χ2n) is 6.26. The molecule has 7 nitrogen and oxygen atoms in total. The Kier molecular flexibility index (Phi) is 6.43. The minimum atomic E-state index is -3.77. The number of fused-ring (bicyclic) bond motifs is 1. The zero-order valence-electron chi connectivity index (χ0n) is 15.1. The molecule has 0 saturated carbocycles. The second-order valence-corrected chi connectivity index (χ2v) is 8.53. The molecule has 1 amide bonds. The Hall–Kier alpha value is -2.29. The average Bonchev–Trinajstić information content (AvgIpc) is 2.70. The quantitative estimate of drug-likeness (QED) is 0.708. The van der Waals surface area contributed by atoms with E-state index in [4.69, 9.17) is 21.4 Å². The fraction of sp³-hybridized carbons (Fsp3) is 0.316. The van der Waals surface area contributed by atoms with Crippen LogP contribution in [0.15, 0.2) is 47.4 Å². The van der Waals surface area contributed by atoms with Gasteiger partial charge in [0.1, 0.15) is 5.75 Å². The third kappa shape index (κ3) is 4.40. The van der Waals surface area contributed by atoms with Crippen molar-refractivity contribution in [2.75, 3.05) is 30.6 Å². The molecule has 9 heteroatoms. The van der Waals surface area contributed by atoms with Crippen LogP contribution in [-0.4, -0.2) is 45.7 Å². The van der Waals surface area contributed by atoms with Crippen molar-refractivity contribution in [1.82, 2.24) is 5.32 Å². The molecule has 0 radical (unpaired) electrons. The maximum Gasteiger partial charge on any atom is 0.264 e. The number of para-hydroxylation sites is 1. The van der Waals surface area contributed by atoms with E-state index in [1.54, 1.807) is 6.07 Å². The smallest absolute Gasteiger partial charge is 0.264 e. The Bertz CT molecular complexity index is 965. The van der Waals surface area contributed by atoms with E-state index < -0.39 is 15.9 Å². The summed E-state index contributed by atoms with van der Waals surface area (Å²) < 4.78 is 33.0. The van der Waals surface area contributed by atoms with Crippen molar-refractivity contribution in [3.05, 3.63) is 53.1 Å². The topological polar surface area (TPSA) is 95.9 Å². The number of benzene rings is 2. The fourth-order valence-electron chi connectivity index (χ4n) is 3.02. The number of aliphatic hydroxyl groups is 1. The Labute approximate surface area is 168 Å². The Morgan fingerprint density at radius 3 is 2.79 bits per heavy atom. The zero-order valence-corrected chi connectivity index (χ0v) is 16.7. The Balaban J connectivity index is 1.79. The predicted octanol–water partition coefficient (Wildman–Crippen LogP) is 1.97. The first kappa shape index (κ1) is 20.4. The number of sulfonamides is 1. The SMILES string of the molecule is O=C(COc1ccc(S(=O)(=O)N2CCCc3ccccc32)cc1Cl)NCCO. The predicted molar refractivity (Wildman–Crippen MR) is 106 cm³/mol. The summed E-state index contributed by atoms with van der Waals surface area (Å²) in [5.74, 6) is -0.203. The molecule has 0 atom stereocenters. The summed E-state index contributed by atoms with van der Waals surface area (Å²) in [6, 6.07) is 11.6. The number of carbonyl (C=O) groups excluding carboxylic acids is 1. The summed E-state index contributed by atoms with van der Waals surface area (Å²) in [6.45, 7) is 0.0780. The van der Waals surface area contributed by atoms with Gasteiger partial charge < -0.3 is 15.2 Å². The number of anilines is 1. The van der Waals surface area contributed by atoms with Crippen molar-refractivity contribution < 1.29 is 23.1 Å². The molecule has 0 aromatic heterocycles. The number of amides is 1. The van der Waals surface area contributed by atoms with Gasteiger partial charge in [-0.15, -0.1) is 0 Å². The molecule has 0 unspecified atom stereocenters. The van der Waals surface area contributed by atoms with Crippen LogP contribution >= 0.6 is 11.6 Å². The van der Waals surface area contributed by atoms with Gasteiger partial charge in [0, 0.05) is 13.1 Å². The van der Waals surface area contributed by atoms with Crippen molar-refractivity contribution in [2.45, 2.75) is 17.7 Å². The minimum Gasteiger partial charge on any atom is -0.482 e. The van der Waals surface area contributed by atoms with Crippen molar-refractivity contribution in [1.29, 1.82) is 0 Å². The third-order valence-corrected chi connectivity index (χ3v) is 6.46. The Morgan fingerprint density at radius 2 is 2.04 bits per heavy atom. The van der Waals surface area contributed by atoms with Crippen LogP contribution in [0.2, 0.25) is 5.02 Å². The van der Waals surface area contributed by atoms with Gasteiger partial charge in [-0.05, 0) is 42.7 Å². The molecule has 0 bridgehead atoms. The molecular formula is C19H21ClN2O5S. The van der Waals surface area contributed by atoms with E-state index in [0.717, 1.165) is 18.4 Å². The number of ether oxygens (including phenoxy) is 1. The summed E-state index contributed by atoms with van der Waals surface area (Å²) in [6.07, 6.45) is 1.59. The summed E-state index contributed by atoms with van der Waals surface area (Å²) in [4.78, 5) is 11.6. The number of aliphatic hydroxyl groups excluding tert-OH is 1. The largest absolute Gasteiger partial charge is 0.482 e. The van der Waals surface area contributed by atoms with Crippen LogP contribution in [0.3, 0.4) is 0 Å². The normalized spacial score (nSPS) is 13.7. The highest BCUT2D eigenvalue weighted by atomic mass is 35.5. The maximum atomic E-state index is 13.1. The average molecular weight is 425 g/mol. The first-order valence-electron chi connectivity index (χ1n) is 8.84. The molecule has 28 heavy (non-hydrogen) atoms. The highest BCUT2D eigenvalue weighted by molar-refractivity contribution is 7.92. The van der Waals surface area contributed by atoms with Crippen LogP contribution in [0.25, 0.3) is 0 Å². The molecule has 3 rings (SSSR count). The number of aryl methyl sites for hydroxylation is 1. The fourth-order valence-corrected chi connectivity index (χ4v) is 4.89. The molecule has 2 aromatic rings. The molecule has 0 fully saturated rings. The highest BCUT2D eigenvalue weighted by Gasteiger charge is 2.29. The number of hydrogen-bond donors (Lipinski definition) is 2.